The Kier molecular flexibility index (Phi) is 3.18. The van der Waals surface area contributed by atoms with E-state index in [1.54, 1.807) is 24.0 Å². The summed E-state index contributed by atoms with van der Waals surface area (Å²) in [5.41, 5.74) is 2.68. The van der Waals surface area contributed by atoms with Crippen LogP contribution in [0.25, 0.3) is 0 Å². The zero-order valence-corrected chi connectivity index (χ0v) is 10.1. The van der Waals surface area contributed by atoms with Crippen LogP contribution in [0.5, 0.6) is 0 Å². The molecule has 0 aromatic carbocycles. The number of pyridine rings is 1. The maximum atomic E-state index is 11.5. The third-order valence-electron chi connectivity index (χ3n) is 2.79. The van der Waals surface area contributed by atoms with Crippen molar-refractivity contribution in [2.24, 2.45) is 14.1 Å². The van der Waals surface area contributed by atoms with E-state index in [9.17, 15) is 4.79 Å². The molecule has 5 heteroatoms. The van der Waals surface area contributed by atoms with E-state index in [0.29, 0.717) is 5.46 Å². The molecule has 2 radical (unpaired) electrons. The van der Waals surface area contributed by atoms with Crippen LogP contribution >= 0.6 is 0 Å². The Bertz CT molecular complexity index is 586. The highest BCUT2D eigenvalue weighted by atomic mass is 16.1. The fourth-order valence-electron chi connectivity index (χ4n) is 1.79. The van der Waals surface area contributed by atoms with Gasteiger partial charge < -0.3 is 4.57 Å². The van der Waals surface area contributed by atoms with Gasteiger partial charge in [-0.15, -0.1) is 0 Å². The first kappa shape index (κ1) is 11.7. The molecule has 0 spiro atoms. The summed E-state index contributed by atoms with van der Waals surface area (Å²) in [5.74, 6) is 0. The summed E-state index contributed by atoms with van der Waals surface area (Å²) >= 11 is 0. The summed E-state index contributed by atoms with van der Waals surface area (Å²) in [6, 6.07) is 1.60. The average Bonchev–Trinajstić information content (AvgIpc) is 2.68. The second-order valence-corrected chi connectivity index (χ2v) is 4.23. The molecule has 0 atom stereocenters. The third-order valence-corrected chi connectivity index (χ3v) is 2.79. The molecular weight excluding hydrogens is 213 g/mol. The fourth-order valence-corrected chi connectivity index (χ4v) is 1.79. The summed E-state index contributed by atoms with van der Waals surface area (Å²) in [6.07, 6.45) is 7.06. The van der Waals surface area contributed by atoms with Gasteiger partial charge in [-0.1, -0.05) is 5.46 Å². The number of rotatable bonds is 3. The Hall–Kier alpha value is -1.78. The quantitative estimate of drug-likeness (QED) is 0.675. The smallest absolute Gasteiger partial charge is 0.250 e. The standard InChI is InChI=1S/C12H14BN3O/c1-15-8-11(13)10(5-12(15)17)4-3-9-6-14-16(2)7-9/h5-8H,3-4H2,1-2H3. The first-order valence-corrected chi connectivity index (χ1v) is 5.49. The van der Waals surface area contributed by atoms with E-state index in [4.69, 9.17) is 7.85 Å². The van der Waals surface area contributed by atoms with Crippen LogP contribution in [0.1, 0.15) is 11.1 Å². The van der Waals surface area contributed by atoms with Gasteiger partial charge in [0.15, 0.2) is 0 Å². The minimum atomic E-state index is -0.0274. The number of aromatic nitrogens is 3. The summed E-state index contributed by atoms with van der Waals surface area (Å²) < 4.78 is 3.26. The van der Waals surface area contributed by atoms with Gasteiger partial charge in [-0.25, -0.2) is 0 Å². The van der Waals surface area contributed by atoms with Crippen molar-refractivity contribution in [3.8, 4) is 0 Å². The SMILES string of the molecule is [B]c1cn(C)c(=O)cc1CCc1cnn(C)c1. The van der Waals surface area contributed by atoms with Crippen LogP contribution in [-0.4, -0.2) is 22.2 Å². The van der Waals surface area contributed by atoms with Gasteiger partial charge in [0.2, 0.25) is 5.56 Å². The molecule has 2 rings (SSSR count). The predicted molar refractivity (Wildman–Crippen MR) is 67.7 cm³/mol. The lowest BCUT2D eigenvalue weighted by Gasteiger charge is -2.06. The molecule has 86 valence electrons. The van der Waals surface area contributed by atoms with Crippen LogP contribution in [0, 0.1) is 0 Å². The second kappa shape index (κ2) is 4.61. The Morgan fingerprint density at radius 3 is 2.71 bits per heavy atom. The van der Waals surface area contributed by atoms with Gasteiger partial charge in [0.05, 0.1) is 6.20 Å². The molecule has 0 aliphatic rings. The molecule has 17 heavy (non-hydrogen) atoms. The second-order valence-electron chi connectivity index (χ2n) is 4.23. The van der Waals surface area contributed by atoms with Crippen LogP contribution in [0.4, 0.5) is 0 Å². The van der Waals surface area contributed by atoms with Gasteiger partial charge in [-0.2, -0.15) is 5.10 Å². The van der Waals surface area contributed by atoms with Crippen LogP contribution in [0.2, 0.25) is 0 Å². The van der Waals surface area contributed by atoms with Crippen LogP contribution in [0.15, 0.2) is 29.5 Å². The molecule has 0 amide bonds. The third kappa shape index (κ3) is 2.67. The monoisotopic (exact) mass is 227 g/mol. The predicted octanol–water partition coefficient (Wildman–Crippen LogP) is -0.302. The lowest BCUT2D eigenvalue weighted by molar-refractivity contribution is 0.766. The van der Waals surface area contributed by atoms with Crippen molar-refractivity contribution in [3.05, 3.63) is 46.1 Å². The Morgan fingerprint density at radius 1 is 1.29 bits per heavy atom. The van der Waals surface area contributed by atoms with Crippen molar-refractivity contribution in [3.63, 3.8) is 0 Å². The number of hydrogen-bond donors (Lipinski definition) is 0. The van der Waals surface area contributed by atoms with Gasteiger partial charge in [-0.3, -0.25) is 9.48 Å². The summed E-state index contributed by atoms with van der Waals surface area (Å²) in [5, 5.41) is 4.10. The number of nitrogens with zero attached hydrogens (tertiary/aromatic N) is 3. The number of hydrogen-bond acceptors (Lipinski definition) is 2. The van der Waals surface area contributed by atoms with E-state index in [1.165, 1.54) is 4.57 Å². The maximum Gasteiger partial charge on any atom is 0.250 e. The summed E-state index contributed by atoms with van der Waals surface area (Å²) in [7, 11) is 9.46. The molecule has 0 unspecified atom stereocenters. The molecule has 0 saturated carbocycles. The van der Waals surface area contributed by atoms with E-state index in [0.717, 1.165) is 24.0 Å². The van der Waals surface area contributed by atoms with Gasteiger partial charge in [-0.05, 0) is 30.2 Å². The Labute approximate surface area is 101 Å². The highest BCUT2D eigenvalue weighted by Gasteiger charge is 2.03. The normalized spacial score (nSPS) is 10.7. The average molecular weight is 227 g/mol. The molecule has 2 aromatic rings. The fraction of sp³-hybridized carbons (Fsp3) is 0.333. The molecule has 0 fully saturated rings. The van der Waals surface area contributed by atoms with Gasteiger partial charge in [0.25, 0.3) is 0 Å². The van der Waals surface area contributed by atoms with E-state index in [2.05, 4.69) is 5.10 Å². The molecule has 0 saturated heterocycles. The van der Waals surface area contributed by atoms with Crippen LogP contribution in [0.3, 0.4) is 0 Å². The van der Waals surface area contributed by atoms with Crippen molar-refractivity contribution in [1.29, 1.82) is 0 Å². The highest BCUT2D eigenvalue weighted by Crippen LogP contribution is 2.02. The first-order valence-electron chi connectivity index (χ1n) is 5.49. The van der Waals surface area contributed by atoms with Crippen molar-refractivity contribution in [2.45, 2.75) is 12.8 Å². The van der Waals surface area contributed by atoms with Crippen LogP contribution < -0.4 is 11.0 Å². The molecule has 2 heterocycles. The van der Waals surface area contributed by atoms with E-state index >= 15 is 0 Å². The molecule has 0 aliphatic carbocycles. The van der Waals surface area contributed by atoms with E-state index < -0.39 is 0 Å². The first-order chi connectivity index (χ1) is 8.06. The zero-order chi connectivity index (χ0) is 12.4. The molecular formula is C12H14BN3O. The summed E-state index contributed by atoms with van der Waals surface area (Å²) in [4.78, 5) is 11.5. The van der Waals surface area contributed by atoms with E-state index in [1.807, 2.05) is 19.4 Å². The maximum absolute atomic E-state index is 11.5. The van der Waals surface area contributed by atoms with Gasteiger partial charge in [0, 0.05) is 26.4 Å². The molecule has 0 bridgehead atoms. The molecule has 0 N–H and O–H groups in total. The van der Waals surface area contributed by atoms with Crippen molar-refractivity contribution < 1.29 is 0 Å². The van der Waals surface area contributed by atoms with Crippen molar-refractivity contribution >= 4 is 13.3 Å². The summed E-state index contributed by atoms with van der Waals surface area (Å²) in [6.45, 7) is 0. The number of aryl methyl sites for hydroxylation is 4. The molecule has 4 nitrogen and oxygen atoms in total. The van der Waals surface area contributed by atoms with Crippen molar-refractivity contribution in [2.75, 3.05) is 0 Å². The minimum Gasteiger partial charge on any atom is -0.319 e. The lowest BCUT2D eigenvalue weighted by atomic mass is 9.90. The van der Waals surface area contributed by atoms with Gasteiger partial charge in [0.1, 0.15) is 7.85 Å². The Morgan fingerprint density at radius 2 is 2.06 bits per heavy atom. The topological polar surface area (TPSA) is 39.8 Å². The van der Waals surface area contributed by atoms with Crippen LogP contribution in [-0.2, 0) is 26.9 Å². The molecule has 2 aromatic heterocycles. The van der Waals surface area contributed by atoms with Gasteiger partial charge >= 0.3 is 0 Å². The Balaban J connectivity index is 2.14. The minimum absolute atomic E-state index is 0.0274. The van der Waals surface area contributed by atoms with Crippen molar-refractivity contribution in [1.82, 2.24) is 14.3 Å². The highest BCUT2D eigenvalue weighted by molar-refractivity contribution is 6.33. The zero-order valence-electron chi connectivity index (χ0n) is 10.1. The lowest BCUT2D eigenvalue weighted by Crippen LogP contribution is -2.25. The molecule has 0 aliphatic heterocycles. The largest absolute Gasteiger partial charge is 0.319 e. The van der Waals surface area contributed by atoms with E-state index in [-0.39, 0.29) is 5.56 Å².